The van der Waals surface area contributed by atoms with Crippen molar-refractivity contribution in [1.29, 1.82) is 0 Å². The van der Waals surface area contributed by atoms with Crippen LogP contribution in [0.4, 0.5) is 0 Å². The van der Waals surface area contributed by atoms with Gasteiger partial charge in [-0.05, 0) is 29.6 Å². The Morgan fingerprint density at radius 3 is 2.31 bits per heavy atom. The van der Waals surface area contributed by atoms with Gasteiger partial charge in [0.2, 0.25) is 0 Å². The summed E-state index contributed by atoms with van der Waals surface area (Å²) in [5, 5.41) is 0. The quantitative estimate of drug-likeness (QED) is 0.639. The third kappa shape index (κ3) is 2.98. The average molecular weight is 184 g/mol. The molecule has 78 valence electrons. The minimum atomic E-state index is 0.413. The third-order valence-electron chi connectivity index (χ3n) is 3.08. The lowest BCUT2D eigenvalue weighted by atomic mass is 9.73. The smallest absolute Gasteiger partial charge is 0.0502 e. The van der Waals surface area contributed by atoms with Gasteiger partial charge in [-0.2, -0.15) is 0 Å². The Hall–Kier alpha value is -0.0400. The van der Waals surface area contributed by atoms with Gasteiger partial charge in [-0.3, -0.25) is 0 Å². The summed E-state index contributed by atoms with van der Waals surface area (Å²) in [5.74, 6) is 2.35. The van der Waals surface area contributed by atoms with E-state index < -0.39 is 0 Å². The van der Waals surface area contributed by atoms with Gasteiger partial charge in [-0.1, -0.05) is 34.6 Å². The van der Waals surface area contributed by atoms with Gasteiger partial charge < -0.3 is 4.74 Å². The SMILES string of the molecule is CC(C)CC1COCC1C(C)(C)C. The van der Waals surface area contributed by atoms with Crippen LogP contribution in [0.15, 0.2) is 0 Å². The summed E-state index contributed by atoms with van der Waals surface area (Å²) >= 11 is 0. The van der Waals surface area contributed by atoms with Crippen LogP contribution in [-0.2, 0) is 4.74 Å². The molecule has 0 aromatic rings. The molecule has 0 radical (unpaired) electrons. The maximum Gasteiger partial charge on any atom is 0.0502 e. The third-order valence-corrected chi connectivity index (χ3v) is 3.08. The van der Waals surface area contributed by atoms with Crippen LogP contribution in [0.2, 0.25) is 0 Å². The summed E-state index contributed by atoms with van der Waals surface area (Å²) in [5.41, 5.74) is 0.413. The first kappa shape index (κ1) is 11.0. The number of ether oxygens (including phenoxy) is 1. The summed E-state index contributed by atoms with van der Waals surface area (Å²) < 4.78 is 5.60. The minimum absolute atomic E-state index is 0.413. The Labute approximate surface area is 82.9 Å². The van der Waals surface area contributed by atoms with E-state index in [0.717, 1.165) is 31.0 Å². The van der Waals surface area contributed by atoms with E-state index in [4.69, 9.17) is 4.74 Å². The Morgan fingerprint density at radius 1 is 1.23 bits per heavy atom. The molecule has 0 amide bonds. The molecule has 0 aromatic carbocycles. The fourth-order valence-corrected chi connectivity index (χ4v) is 2.39. The maximum absolute atomic E-state index is 5.60. The molecule has 0 saturated carbocycles. The Balaban J connectivity index is 2.54. The van der Waals surface area contributed by atoms with Crippen molar-refractivity contribution >= 4 is 0 Å². The van der Waals surface area contributed by atoms with Crippen LogP contribution in [0, 0.1) is 23.2 Å². The van der Waals surface area contributed by atoms with Crippen LogP contribution in [0.5, 0.6) is 0 Å². The van der Waals surface area contributed by atoms with Crippen molar-refractivity contribution in [2.45, 2.75) is 41.0 Å². The van der Waals surface area contributed by atoms with E-state index in [2.05, 4.69) is 34.6 Å². The summed E-state index contributed by atoms with van der Waals surface area (Å²) in [6, 6.07) is 0. The lowest BCUT2D eigenvalue weighted by Gasteiger charge is -2.31. The highest BCUT2D eigenvalue weighted by atomic mass is 16.5. The number of rotatable bonds is 2. The summed E-state index contributed by atoms with van der Waals surface area (Å²) in [4.78, 5) is 0. The fourth-order valence-electron chi connectivity index (χ4n) is 2.39. The maximum atomic E-state index is 5.60. The van der Waals surface area contributed by atoms with Crippen LogP contribution >= 0.6 is 0 Å². The molecule has 0 aliphatic carbocycles. The molecular formula is C12H24O. The first-order valence-electron chi connectivity index (χ1n) is 5.49. The van der Waals surface area contributed by atoms with Crippen molar-refractivity contribution < 1.29 is 4.74 Å². The fraction of sp³-hybridized carbons (Fsp3) is 1.00. The van der Waals surface area contributed by atoms with E-state index >= 15 is 0 Å². The van der Waals surface area contributed by atoms with Crippen molar-refractivity contribution in [3.05, 3.63) is 0 Å². The molecule has 1 nitrogen and oxygen atoms in total. The van der Waals surface area contributed by atoms with Crippen LogP contribution in [0.3, 0.4) is 0 Å². The summed E-state index contributed by atoms with van der Waals surface area (Å²) in [6.45, 7) is 13.6. The monoisotopic (exact) mass is 184 g/mol. The van der Waals surface area contributed by atoms with Gasteiger partial charge in [0, 0.05) is 6.61 Å². The first-order valence-corrected chi connectivity index (χ1v) is 5.49. The molecule has 0 aromatic heterocycles. The lowest BCUT2D eigenvalue weighted by molar-refractivity contribution is 0.149. The molecule has 1 saturated heterocycles. The van der Waals surface area contributed by atoms with Crippen molar-refractivity contribution in [2.24, 2.45) is 23.2 Å². The number of hydrogen-bond acceptors (Lipinski definition) is 1. The molecular weight excluding hydrogens is 160 g/mol. The molecule has 1 heterocycles. The van der Waals surface area contributed by atoms with Crippen molar-refractivity contribution in [1.82, 2.24) is 0 Å². The van der Waals surface area contributed by atoms with E-state index in [1.54, 1.807) is 0 Å². The summed E-state index contributed by atoms with van der Waals surface area (Å²) in [7, 11) is 0. The average Bonchev–Trinajstić information content (AvgIpc) is 2.31. The molecule has 1 aliphatic rings. The Kier molecular flexibility index (Phi) is 3.39. The van der Waals surface area contributed by atoms with Crippen molar-refractivity contribution in [3.8, 4) is 0 Å². The molecule has 1 fully saturated rings. The largest absolute Gasteiger partial charge is 0.381 e. The normalized spacial score (nSPS) is 30.0. The second kappa shape index (κ2) is 4.00. The minimum Gasteiger partial charge on any atom is -0.381 e. The van der Waals surface area contributed by atoms with Gasteiger partial charge in [0.05, 0.1) is 6.61 Å². The topological polar surface area (TPSA) is 9.23 Å². The molecule has 13 heavy (non-hydrogen) atoms. The second-order valence-corrected chi connectivity index (χ2v) is 5.90. The van der Waals surface area contributed by atoms with E-state index in [9.17, 15) is 0 Å². The van der Waals surface area contributed by atoms with E-state index in [-0.39, 0.29) is 0 Å². The zero-order valence-corrected chi connectivity index (χ0v) is 9.76. The van der Waals surface area contributed by atoms with Gasteiger partial charge in [0.1, 0.15) is 0 Å². The molecule has 0 bridgehead atoms. The molecule has 1 rings (SSSR count). The van der Waals surface area contributed by atoms with E-state index in [1.165, 1.54) is 6.42 Å². The van der Waals surface area contributed by atoms with Crippen LogP contribution in [0.1, 0.15) is 41.0 Å². The second-order valence-electron chi connectivity index (χ2n) is 5.90. The zero-order chi connectivity index (χ0) is 10.1. The predicted octanol–water partition coefficient (Wildman–Crippen LogP) is 3.34. The molecule has 1 heteroatoms. The standard InChI is InChI=1S/C12H24O/c1-9(2)6-10-7-13-8-11(10)12(3,4)5/h9-11H,6-8H2,1-5H3. The van der Waals surface area contributed by atoms with Crippen LogP contribution in [-0.4, -0.2) is 13.2 Å². The van der Waals surface area contributed by atoms with Crippen molar-refractivity contribution in [2.75, 3.05) is 13.2 Å². The van der Waals surface area contributed by atoms with Crippen LogP contribution in [0.25, 0.3) is 0 Å². The first-order chi connectivity index (χ1) is 5.91. The predicted molar refractivity (Wildman–Crippen MR) is 56.7 cm³/mol. The highest BCUT2D eigenvalue weighted by molar-refractivity contribution is 4.84. The van der Waals surface area contributed by atoms with Gasteiger partial charge in [-0.25, -0.2) is 0 Å². The molecule has 0 N–H and O–H groups in total. The highest BCUT2D eigenvalue weighted by Gasteiger charge is 2.36. The Bertz CT molecular complexity index is 155. The molecule has 2 unspecified atom stereocenters. The zero-order valence-electron chi connectivity index (χ0n) is 9.76. The van der Waals surface area contributed by atoms with E-state index in [0.29, 0.717) is 5.41 Å². The van der Waals surface area contributed by atoms with Gasteiger partial charge in [0.15, 0.2) is 0 Å². The highest BCUT2D eigenvalue weighted by Crippen LogP contribution is 2.39. The Morgan fingerprint density at radius 2 is 1.85 bits per heavy atom. The van der Waals surface area contributed by atoms with Crippen molar-refractivity contribution in [3.63, 3.8) is 0 Å². The lowest BCUT2D eigenvalue weighted by Crippen LogP contribution is -2.27. The van der Waals surface area contributed by atoms with Gasteiger partial charge in [0.25, 0.3) is 0 Å². The summed E-state index contributed by atoms with van der Waals surface area (Å²) in [6.07, 6.45) is 1.32. The van der Waals surface area contributed by atoms with Crippen LogP contribution < -0.4 is 0 Å². The number of hydrogen-bond donors (Lipinski definition) is 0. The van der Waals surface area contributed by atoms with Gasteiger partial charge in [-0.15, -0.1) is 0 Å². The molecule has 2 atom stereocenters. The molecule has 1 aliphatic heterocycles. The van der Waals surface area contributed by atoms with E-state index in [1.807, 2.05) is 0 Å². The van der Waals surface area contributed by atoms with Gasteiger partial charge >= 0.3 is 0 Å². The molecule has 0 spiro atoms.